The topological polar surface area (TPSA) is 97.2 Å². The van der Waals surface area contributed by atoms with E-state index < -0.39 is 0 Å². The number of aromatic amines is 1. The van der Waals surface area contributed by atoms with Gasteiger partial charge in [0.05, 0.1) is 29.7 Å². The van der Waals surface area contributed by atoms with Crippen molar-refractivity contribution in [2.75, 3.05) is 31.6 Å². The van der Waals surface area contributed by atoms with Crippen LogP contribution in [-0.4, -0.2) is 63.1 Å². The highest BCUT2D eigenvalue weighted by molar-refractivity contribution is 5.96. The number of hydrogen-bond donors (Lipinski definition) is 1. The molecule has 0 atom stereocenters. The fourth-order valence-electron chi connectivity index (χ4n) is 4.15. The molecule has 0 bridgehead atoms. The van der Waals surface area contributed by atoms with E-state index in [9.17, 15) is 4.79 Å². The Bertz CT molecular complexity index is 1060. The molecule has 2 aliphatic rings. The third kappa shape index (κ3) is 2.64. The highest BCUT2D eigenvalue weighted by Gasteiger charge is 2.53. The lowest BCUT2D eigenvalue weighted by atomic mass is 10.1. The molecule has 1 aliphatic carbocycles. The van der Waals surface area contributed by atoms with Crippen molar-refractivity contribution in [3.8, 4) is 11.5 Å². The van der Waals surface area contributed by atoms with Crippen LogP contribution in [0.25, 0.3) is 11.0 Å². The van der Waals surface area contributed by atoms with Gasteiger partial charge in [0.2, 0.25) is 0 Å². The Kier molecular flexibility index (Phi) is 3.68. The molecule has 8 heteroatoms. The van der Waals surface area contributed by atoms with Crippen LogP contribution in [0.15, 0.2) is 36.8 Å². The first-order valence-electron chi connectivity index (χ1n) is 9.35. The average molecular weight is 380 g/mol. The first-order chi connectivity index (χ1) is 13.6. The molecule has 3 heterocycles. The van der Waals surface area contributed by atoms with E-state index in [-0.39, 0.29) is 17.2 Å². The third-order valence-corrected chi connectivity index (χ3v) is 5.75. The van der Waals surface area contributed by atoms with E-state index in [1.807, 2.05) is 17.2 Å². The molecule has 1 saturated carbocycles. The van der Waals surface area contributed by atoms with Crippen molar-refractivity contribution >= 4 is 22.8 Å². The molecule has 28 heavy (non-hydrogen) atoms. The van der Waals surface area contributed by atoms with Crippen molar-refractivity contribution in [3.05, 3.63) is 42.4 Å². The van der Waals surface area contributed by atoms with Crippen LogP contribution in [0.2, 0.25) is 0 Å². The number of carbonyl (C=O) groups excluding carboxylic acids is 1. The Morgan fingerprint density at radius 1 is 1.25 bits per heavy atom. The lowest BCUT2D eigenvalue weighted by Crippen LogP contribution is -2.57. The summed E-state index contributed by atoms with van der Waals surface area (Å²) >= 11 is 0. The van der Waals surface area contributed by atoms with Gasteiger partial charge in [0, 0.05) is 31.9 Å². The number of anilines is 1. The minimum Gasteiger partial charge on any atom is -0.593 e. The predicted octanol–water partition coefficient (Wildman–Crippen LogP) is 1.90. The van der Waals surface area contributed by atoms with Crippen molar-refractivity contribution in [3.63, 3.8) is 0 Å². The largest absolute Gasteiger partial charge is 0.593 e. The highest BCUT2D eigenvalue weighted by atomic mass is 16.5. The first kappa shape index (κ1) is 16.9. The van der Waals surface area contributed by atoms with Crippen LogP contribution in [0.3, 0.4) is 0 Å². The second-order valence-corrected chi connectivity index (χ2v) is 7.49. The molecule has 2 fully saturated rings. The van der Waals surface area contributed by atoms with E-state index in [4.69, 9.17) is 9.84 Å². The van der Waals surface area contributed by atoms with Crippen LogP contribution in [0.5, 0.6) is 11.5 Å². The third-order valence-electron chi connectivity index (χ3n) is 5.75. The molecule has 1 amide bonds. The number of benzene rings is 1. The lowest BCUT2D eigenvalue weighted by Gasteiger charge is -2.42. The number of amides is 1. The van der Waals surface area contributed by atoms with Crippen molar-refractivity contribution in [1.82, 2.24) is 19.9 Å². The minimum absolute atomic E-state index is 0.0287. The van der Waals surface area contributed by atoms with Crippen LogP contribution in [0, 0.1) is 0 Å². The molecule has 8 nitrogen and oxygen atoms in total. The second kappa shape index (κ2) is 6.12. The summed E-state index contributed by atoms with van der Waals surface area (Å²) in [6.45, 7) is 2.09. The number of rotatable bonds is 3. The standard InChI is InChI=1S/C20H21N5O3/c1-28-15-9-13(8-14(26)10-15)19(27)25-7-6-24(11-20(25)3-4-20)18-16-2-5-21-17(16)22-12-23-18/h2,5,8-10,12,26H,3-4,6-7,11H2,1H3,(H,21,22,23)/p+1. The number of carbonyl (C=O) groups is 1. The quantitative estimate of drug-likeness (QED) is 0.700. The van der Waals surface area contributed by atoms with Gasteiger partial charge < -0.3 is 24.6 Å². The zero-order valence-corrected chi connectivity index (χ0v) is 15.6. The molecular weight excluding hydrogens is 358 g/mol. The van der Waals surface area contributed by atoms with E-state index >= 15 is 0 Å². The van der Waals surface area contributed by atoms with Gasteiger partial charge in [0.15, 0.2) is 0 Å². The Balaban J connectivity index is 1.42. The van der Waals surface area contributed by atoms with Gasteiger partial charge in [-0.25, -0.2) is 9.97 Å². The van der Waals surface area contributed by atoms with Crippen LogP contribution >= 0.6 is 0 Å². The molecule has 1 spiro atoms. The summed E-state index contributed by atoms with van der Waals surface area (Å²) in [6, 6.07) is 6.93. The number of ether oxygens (including phenoxy) is 1. The fourth-order valence-corrected chi connectivity index (χ4v) is 4.15. The number of aromatic nitrogens is 3. The summed E-state index contributed by atoms with van der Waals surface area (Å²) in [5.74, 6) is 1.70. The number of piperazine rings is 1. The Morgan fingerprint density at radius 2 is 2.11 bits per heavy atom. The smallest absolute Gasteiger partial charge is 0.258 e. The number of methoxy groups -OCH3 is 1. The van der Waals surface area contributed by atoms with Crippen LogP contribution in [0.4, 0.5) is 5.82 Å². The van der Waals surface area contributed by atoms with Gasteiger partial charge in [-0.3, -0.25) is 4.79 Å². The van der Waals surface area contributed by atoms with Crippen molar-refractivity contribution < 1.29 is 14.6 Å². The zero-order valence-electron chi connectivity index (χ0n) is 15.6. The summed E-state index contributed by atoms with van der Waals surface area (Å²) in [7, 11) is 1.55. The monoisotopic (exact) mass is 380 g/mol. The second-order valence-electron chi connectivity index (χ2n) is 7.49. The van der Waals surface area contributed by atoms with Crippen molar-refractivity contribution in [2.24, 2.45) is 0 Å². The van der Waals surface area contributed by atoms with E-state index in [0.717, 1.165) is 36.2 Å². The molecule has 1 saturated heterocycles. The molecular formula is C20H22N5O3+. The van der Waals surface area contributed by atoms with Gasteiger partial charge in [0.1, 0.15) is 23.5 Å². The van der Waals surface area contributed by atoms with Crippen molar-refractivity contribution in [1.29, 1.82) is 0 Å². The van der Waals surface area contributed by atoms with Gasteiger partial charge in [-0.05, 0) is 25.0 Å². The number of nitrogens with zero attached hydrogens (tertiary/aromatic N) is 4. The summed E-state index contributed by atoms with van der Waals surface area (Å²) in [4.78, 5) is 29.4. The predicted molar refractivity (Wildman–Crippen MR) is 105 cm³/mol. The number of nitrogens with one attached hydrogen (secondary N) is 1. The SMILES string of the molecule is COc1cc([OH2+])cc(C(=O)N2CCN(c3ncnc4[nH]ccc34)CC23CC3)c1. The molecule has 2 aromatic heterocycles. The van der Waals surface area contributed by atoms with Crippen LogP contribution in [0.1, 0.15) is 23.2 Å². The van der Waals surface area contributed by atoms with E-state index in [1.165, 1.54) is 0 Å². The van der Waals surface area contributed by atoms with Gasteiger partial charge in [-0.15, -0.1) is 0 Å². The average Bonchev–Trinajstić information content (AvgIpc) is 3.28. The van der Waals surface area contributed by atoms with Gasteiger partial charge in [0.25, 0.3) is 11.7 Å². The van der Waals surface area contributed by atoms with E-state index in [1.54, 1.807) is 31.6 Å². The Labute approximate surface area is 161 Å². The van der Waals surface area contributed by atoms with E-state index in [2.05, 4.69) is 19.9 Å². The molecule has 3 N–H and O–H groups in total. The maximum absolute atomic E-state index is 13.2. The molecule has 144 valence electrons. The maximum Gasteiger partial charge on any atom is 0.258 e. The zero-order chi connectivity index (χ0) is 19.3. The van der Waals surface area contributed by atoms with Gasteiger partial charge >= 0.3 is 0 Å². The highest BCUT2D eigenvalue weighted by Crippen LogP contribution is 2.46. The van der Waals surface area contributed by atoms with Crippen LogP contribution < -0.4 is 9.64 Å². The Morgan fingerprint density at radius 3 is 2.89 bits per heavy atom. The molecule has 5 rings (SSSR count). The van der Waals surface area contributed by atoms with Gasteiger partial charge in [-0.1, -0.05) is 0 Å². The summed E-state index contributed by atoms with van der Waals surface area (Å²) in [5.41, 5.74) is 1.18. The maximum atomic E-state index is 13.2. The minimum atomic E-state index is -0.159. The lowest BCUT2D eigenvalue weighted by molar-refractivity contribution is 0.0623. The molecule has 1 aliphatic heterocycles. The first-order valence-corrected chi connectivity index (χ1v) is 9.35. The number of fused-ring (bicyclic) bond motifs is 1. The summed E-state index contributed by atoms with van der Waals surface area (Å²) in [6.07, 6.45) is 5.41. The van der Waals surface area contributed by atoms with Gasteiger partial charge in [-0.2, -0.15) is 0 Å². The van der Waals surface area contributed by atoms with E-state index in [0.29, 0.717) is 24.4 Å². The molecule has 1 aromatic carbocycles. The number of H-pyrrole nitrogens is 1. The summed E-state index contributed by atoms with van der Waals surface area (Å²) < 4.78 is 5.23. The molecule has 0 radical (unpaired) electrons. The number of hydrogen-bond acceptors (Lipinski definition) is 5. The van der Waals surface area contributed by atoms with Crippen molar-refractivity contribution in [2.45, 2.75) is 18.4 Å². The fraction of sp³-hybridized carbons (Fsp3) is 0.350. The Hall–Kier alpha value is -3.29. The normalized spacial score (nSPS) is 17.9. The van der Waals surface area contributed by atoms with Crippen LogP contribution in [-0.2, 0) is 0 Å². The summed E-state index contributed by atoms with van der Waals surface area (Å²) in [5, 5.41) is 8.94. The molecule has 3 aromatic rings. The molecule has 0 unspecified atom stereocenters.